The minimum absolute atomic E-state index is 0.0851. The Hall–Kier alpha value is -3.39. The lowest BCUT2D eigenvalue weighted by Crippen LogP contribution is -2.34. The minimum atomic E-state index is -0.349. The Kier molecular flexibility index (Phi) is 6.93. The van der Waals surface area contributed by atoms with E-state index in [4.69, 9.17) is 4.98 Å². The summed E-state index contributed by atoms with van der Waals surface area (Å²) in [6.45, 7) is 3.55. The Bertz CT molecular complexity index is 1120. The number of amides is 1. The van der Waals surface area contributed by atoms with E-state index in [9.17, 15) is 9.18 Å². The molecule has 1 fully saturated rings. The third kappa shape index (κ3) is 5.34. The standard InChI is InChI=1S/C25H29FN6O/c1-17-21(25(33)30-20-11-9-19(26)10-12-20)15-28-23(29-17)22-8-4-5-14-32(22)16-18-7-6-13-27-24(18)31(2)3/h6-7,9-13,15,22H,4-5,8,14,16H2,1-3H3,(H,30,33). The van der Waals surface area contributed by atoms with E-state index in [0.717, 1.165) is 44.0 Å². The summed E-state index contributed by atoms with van der Waals surface area (Å²) >= 11 is 0. The second-order valence-electron chi connectivity index (χ2n) is 8.55. The van der Waals surface area contributed by atoms with E-state index in [1.165, 1.54) is 29.8 Å². The van der Waals surface area contributed by atoms with E-state index >= 15 is 0 Å². The van der Waals surface area contributed by atoms with Crippen LogP contribution in [0.25, 0.3) is 0 Å². The summed E-state index contributed by atoms with van der Waals surface area (Å²) < 4.78 is 13.1. The van der Waals surface area contributed by atoms with Crippen molar-refractivity contribution in [3.8, 4) is 0 Å². The zero-order valence-electron chi connectivity index (χ0n) is 19.3. The van der Waals surface area contributed by atoms with Crippen molar-refractivity contribution in [2.75, 3.05) is 30.9 Å². The van der Waals surface area contributed by atoms with Gasteiger partial charge in [-0.3, -0.25) is 9.69 Å². The highest BCUT2D eigenvalue weighted by Crippen LogP contribution is 2.32. The Balaban J connectivity index is 1.53. The third-order valence-corrected chi connectivity index (χ3v) is 5.92. The maximum absolute atomic E-state index is 13.1. The maximum atomic E-state index is 13.1. The summed E-state index contributed by atoms with van der Waals surface area (Å²) in [6, 6.07) is 9.84. The lowest BCUT2D eigenvalue weighted by atomic mass is 10.00. The van der Waals surface area contributed by atoms with Crippen molar-refractivity contribution in [1.82, 2.24) is 19.9 Å². The molecule has 0 saturated carbocycles. The van der Waals surface area contributed by atoms with E-state index in [1.54, 1.807) is 6.20 Å². The van der Waals surface area contributed by atoms with Crippen LogP contribution in [0.1, 0.15) is 52.7 Å². The van der Waals surface area contributed by atoms with Crippen molar-refractivity contribution in [1.29, 1.82) is 0 Å². The average molecular weight is 449 g/mol. The number of aryl methyl sites for hydroxylation is 1. The highest BCUT2D eigenvalue weighted by molar-refractivity contribution is 6.04. The Morgan fingerprint density at radius 3 is 2.70 bits per heavy atom. The van der Waals surface area contributed by atoms with Gasteiger partial charge in [-0.15, -0.1) is 0 Å². The molecule has 0 aliphatic carbocycles. The van der Waals surface area contributed by atoms with Gasteiger partial charge in [0.25, 0.3) is 5.91 Å². The molecule has 1 atom stereocenters. The topological polar surface area (TPSA) is 74.2 Å². The summed E-state index contributed by atoms with van der Waals surface area (Å²) in [5.41, 5.74) is 2.73. The molecule has 1 saturated heterocycles. The predicted molar refractivity (Wildman–Crippen MR) is 127 cm³/mol. The molecule has 172 valence electrons. The number of benzene rings is 1. The second-order valence-corrected chi connectivity index (χ2v) is 8.55. The van der Waals surface area contributed by atoms with Gasteiger partial charge in [-0.05, 0) is 56.6 Å². The molecule has 0 radical (unpaired) electrons. The van der Waals surface area contributed by atoms with Gasteiger partial charge in [-0.1, -0.05) is 12.5 Å². The zero-order valence-corrected chi connectivity index (χ0v) is 19.3. The number of halogens is 1. The van der Waals surface area contributed by atoms with E-state index in [-0.39, 0.29) is 17.8 Å². The Labute approximate surface area is 193 Å². The first-order valence-corrected chi connectivity index (χ1v) is 11.2. The van der Waals surface area contributed by atoms with Gasteiger partial charge in [0.1, 0.15) is 17.5 Å². The number of hydrogen-bond donors (Lipinski definition) is 1. The summed E-state index contributed by atoms with van der Waals surface area (Å²) in [5, 5.41) is 2.78. The number of aromatic nitrogens is 3. The zero-order chi connectivity index (χ0) is 23.4. The molecule has 1 unspecified atom stereocenters. The molecular formula is C25H29FN6O. The predicted octanol–water partition coefficient (Wildman–Crippen LogP) is 4.36. The van der Waals surface area contributed by atoms with E-state index < -0.39 is 0 Å². The van der Waals surface area contributed by atoms with Crippen LogP contribution in [0.3, 0.4) is 0 Å². The summed E-state index contributed by atoms with van der Waals surface area (Å²) in [4.78, 5) is 31.0. The first-order valence-electron chi connectivity index (χ1n) is 11.2. The van der Waals surface area contributed by atoms with Crippen LogP contribution in [0.5, 0.6) is 0 Å². The van der Waals surface area contributed by atoms with Crippen LogP contribution in [0.15, 0.2) is 48.8 Å². The third-order valence-electron chi connectivity index (χ3n) is 5.92. The molecule has 4 rings (SSSR count). The number of anilines is 2. The number of rotatable bonds is 6. The largest absolute Gasteiger partial charge is 0.362 e. The molecule has 0 spiro atoms. The van der Waals surface area contributed by atoms with Crippen molar-refractivity contribution in [2.24, 2.45) is 0 Å². The van der Waals surface area contributed by atoms with Gasteiger partial charge in [0.05, 0.1) is 17.3 Å². The fourth-order valence-electron chi connectivity index (χ4n) is 4.25. The molecule has 1 N–H and O–H groups in total. The highest BCUT2D eigenvalue weighted by atomic mass is 19.1. The fourth-order valence-corrected chi connectivity index (χ4v) is 4.25. The van der Waals surface area contributed by atoms with E-state index in [0.29, 0.717) is 16.9 Å². The van der Waals surface area contributed by atoms with Crippen molar-refractivity contribution >= 4 is 17.4 Å². The first kappa shape index (κ1) is 22.8. The minimum Gasteiger partial charge on any atom is -0.362 e. The SMILES string of the molecule is Cc1nc(C2CCCCN2Cc2cccnc2N(C)C)ncc1C(=O)Nc1ccc(F)cc1. The number of carbonyl (C=O) groups excluding carboxylic acids is 1. The number of nitrogens with one attached hydrogen (secondary N) is 1. The van der Waals surface area contributed by atoms with Gasteiger partial charge >= 0.3 is 0 Å². The molecule has 1 amide bonds. The lowest BCUT2D eigenvalue weighted by molar-refractivity contribution is 0.102. The van der Waals surface area contributed by atoms with Crippen molar-refractivity contribution in [3.63, 3.8) is 0 Å². The van der Waals surface area contributed by atoms with Crippen LogP contribution in [-0.4, -0.2) is 46.4 Å². The van der Waals surface area contributed by atoms with Gasteiger partial charge in [-0.2, -0.15) is 0 Å². The Morgan fingerprint density at radius 2 is 1.97 bits per heavy atom. The number of pyridine rings is 1. The summed E-state index contributed by atoms with van der Waals surface area (Å²) in [6.07, 6.45) is 6.63. The lowest BCUT2D eigenvalue weighted by Gasteiger charge is -2.35. The average Bonchev–Trinajstić information content (AvgIpc) is 2.81. The van der Waals surface area contributed by atoms with Crippen LogP contribution in [-0.2, 0) is 6.54 Å². The monoisotopic (exact) mass is 448 g/mol. The molecule has 7 nitrogen and oxygen atoms in total. The molecule has 1 aliphatic heterocycles. The van der Waals surface area contributed by atoms with Crippen LogP contribution in [0.4, 0.5) is 15.9 Å². The van der Waals surface area contributed by atoms with Crippen molar-refractivity contribution < 1.29 is 9.18 Å². The maximum Gasteiger partial charge on any atom is 0.259 e. The molecule has 1 aromatic carbocycles. The molecule has 8 heteroatoms. The summed E-state index contributed by atoms with van der Waals surface area (Å²) in [7, 11) is 4.00. The van der Waals surface area contributed by atoms with Gasteiger partial charge in [0.15, 0.2) is 0 Å². The second kappa shape index (κ2) is 10.0. The molecule has 3 heterocycles. The molecule has 3 aromatic rings. The number of piperidine rings is 1. The number of carbonyl (C=O) groups is 1. The van der Waals surface area contributed by atoms with E-state index in [2.05, 4.69) is 26.3 Å². The van der Waals surface area contributed by atoms with Gasteiger partial charge < -0.3 is 10.2 Å². The quantitative estimate of drug-likeness (QED) is 0.604. The van der Waals surface area contributed by atoms with Gasteiger partial charge in [0.2, 0.25) is 0 Å². The molecular weight excluding hydrogens is 419 g/mol. The van der Waals surface area contributed by atoms with E-state index in [1.807, 2.05) is 38.2 Å². The molecule has 2 aromatic heterocycles. The Morgan fingerprint density at radius 1 is 1.18 bits per heavy atom. The molecule has 33 heavy (non-hydrogen) atoms. The van der Waals surface area contributed by atoms with Gasteiger partial charge in [0, 0.05) is 44.3 Å². The van der Waals surface area contributed by atoms with Crippen LogP contribution < -0.4 is 10.2 Å². The number of nitrogens with zero attached hydrogens (tertiary/aromatic N) is 5. The fraction of sp³-hybridized carbons (Fsp3) is 0.360. The summed E-state index contributed by atoms with van der Waals surface area (Å²) in [5.74, 6) is 1.04. The smallest absolute Gasteiger partial charge is 0.259 e. The highest BCUT2D eigenvalue weighted by Gasteiger charge is 2.28. The van der Waals surface area contributed by atoms with Gasteiger partial charge in [-0.25, -0.2) is 19.3 Å². The number of hydrogen-bond acceptors (Lipinski definition) is 6. The molecule has 1 aliphatic rings. The van der Waals surface area contributed by atoms with Crippen LogP contribution >= 0.6 is 0 Å². The van der Waals surface area contributed by atoms with Crippen LogP contribution in [0, 0.1) is 12.7 Å². The van der Waals surface area contributed by atoms with Crippen molar-refractivity contribution in [3.05, 3.63) is 77.3 Å². The number of likely N-dealkylation sites (tertiary alicyclic amines) is 1. The molecule has 0 bridgehead atoms. The van der Waals surface area contributed by atoms with Crippen LogP contribution in [0.2, 0.25) is 0 Å². The normalized spacial score (nSPS) is 16.4. The first-order chi connectivity index (χ1) is 15.9. The van der Waals surface area contributed by atoms with Crippen molar-refractivity contribution in [2.45, 2.75) is 38.8 Å².